The highest BCUT2D eigenvalue weighted by atomic mass is 16.2. The maximum atomic E-state index is 12.4. The molecule has 2 aliphatic rings. The quantitative estimate of drug-likeness (QED) is 0.888. The molecule has 0 spiro atoms. The van der Waals surface area contributed by atoms with Crippen molar-refractivity contribution in [1.29, 1.82) is 0 Å². The lowest BCUT2D eigenvalue weighted by atomic mass is 9.87. The number of amides is 2. The van der Waals surface area contributed by atoms with Gasteiger partial charge in [-0.1, -0.05) is 24.3 Å². The first-order chi connectivity index (χ1) is 12.7. The van der Waals surface area contributed by atoms with Crippen molar-refractivity contribution in [2.75, 3.05) is 26.2 Å². The van der Waals surface area contributed by atoms with Gasteiger partial charge in [0, 0.05) is 44.1 Å². The number of nitrogens with one attached hydrogen (secondary N) is 2. The number of nitrogens with zero attached hydrogens (tertiary/aromatic N) is 3. The fourth-order valence-electron chi connectivity index (χ4n) is 4.11. The number of aromatic amines is 1. The van der Waals surface area contributed by atoms with Crippen LogP contribution in [0.5, 0.6) is 0 Å². The SMILES string of the molecule is Cc1cnc(CNC(=O)N2CCN(C3CCc4ccccc4C3)CC2)[nH]1. The number of rotatable bonds is 3. The van der Waals surface area contributed by atoms with Crippen molar-refractivity contribution in [3.63, 3.8) is 0 Å². The van der Waals surface area contributed by atoms with Gasteiger partial charge >= 0.3 is 6.03 Å². The minimum absolute atomic E-state index is 0.00712. The zero-order valence-electron chi connectivity index (χ0n) is 15.4. The Bertz CT molecular complexity index is 763. The smallest absolute Gasteiger partial charge is 0.317 e. The van der Waals surface area contributed by atoms with E-state index < -0.39 is 0 Å². The van der Waals surface area contributed by atoms with Crippen LogP contribution in [0.15, 0.2) is 30.5 Å². The van der Waals surface area contributed by atoms with Crippen molar-refractivity contribution < 1.29 is 4.79 Å². The molecule has 2 heterocycles. The van der Waals surface area contributed by atoms with Gasteiger partial charge < -0.3 is 15.2 Å². The molecule has 1 aliphatic carbocycles. The number of urea groups is 1. The van der Waals surface area contributed by atoms with Gasteiger partial charge in [-0.3, -0.25) is 4.90 Å². The molecule has 4 rings (SSSR count). The summed E-state index contributed by atoms with van der Waals surface area (Å²) in [6, 6.07) is 9.43. The van der Waals surface area contributed by atoms with E-state index in [4.69, 9.17) is 0 Å². The van der Waals surface area contributed by atoms with E-state index in [1.165, 1.54) is 24.0 Å². The summed E-state index contributed by atoms with van der Waals surface area (Å²) in [7, 11) is 0. The zero-order chi connectivity index (χ0) is 17.9. The summed E-state index contributed by atoms with van der Waals surface area (Å²) in [6.07, 6.45) is 5.31. The number of benzene rings is 1. The van der Waals surface area contributed by atoms with Crippen LogP contribution in [0.25, 0.3) is 0 Å². The molecule has 2 N–H and O–H groups in total. The predicted octanol–water partition coefficient (Wildman–Crippen LogP) is 2.10. The van der Waals surface area contributed by atoms with E-state index in [0.717, 1.165) is 44.1 Å². The second-order valence-electron chi connectivity index (χ2n) is 7.36. The van der Waals surface area contributed by atoms with Crippen LogP contribution in [0.1, 0.15) is 29.1 Å². The molecule has 1 aromatic heterocycles. The minimum atomic E-state index is 0.00712. The highest BCUT2D eigenvalue weighted by molar-refractivity contribution is 5.74. The average molecular weight is 353 g/mol. The van der Waals surface area contributed by atoms with E-state index in [-0.39, 0.29) is 6.03 Å². The molecule has 6 nitrogen and oxygen atoms in total. The van der Waals surface area contributed by atoms with Crippen molar-refractivity contribution in [2.24, 2.45) is 0 Å². The highest BCUT2D eigenvalue weighted by Gasteiger charge is 2.28. The molecule has 1 aromatic carbocycles. The van der Waals surface area contributed by atoms with E-state index in [0.29, 0.717) is 12.6 Å². The van der Waals surface area contributed by atoms with Crippen LogP contribution in [0.2, 0.25) is 0 Å². The van der Waals surface area contributed by atoms with E-state index in [1.807, 2.05) is 11.8 Å². The van der Waals surface area contributed by atoms with Gasteiger partial charge in [0.05, 0.1) is 6.54 Å². The second kappa shape index (κ2) is 7.50. The molecule has 26 heavy (non-hydrogen) atoms. The van der Waals surface area contributed by atoms with Gasteiger partial charge in [0.25, 0.3) is 0 Å². The summed E-state index contributed by atoms with van der Waals surface area (Å²) in [6.45, 7) is 5.91. The van der Waals surface area contributed by atoms with Gasteiger partial charge in [0.2, 0.25) is 0 Å². The Morgan fingerprint density at radius 1 is 1.23 bits per heavy atom. The number of piperazine rings is 1. The highest BCUT2D eigenvalue weighted by Crippen LogP contribution is 2.25. The molecule has 1 fully saturated rings. The largest absolute Gasteiger partial charge is 0.345 e. The molecule has 1 saturated heterocycles. The lowest BCUT2D eigenvalue weighted by Gasteiger charge is -2.41. The van der Waals surface area contributed by atoms with E-state index in [9.17, 15) is 4.79 Å². The molecule has 0 radical (unpaired) electrons. The Kier molecular flexibility index (Phi) is 4.93. The number of imidazole rings is 1. The number of fused-ring (bicyclic) bond motifs is 1. The van der Waals surface area contributed by atoms with Gasteiger partial charge in [-0.15, -0.1) is 0 Å². The van der Waals surface area contributed by atoms with Crippen LogP contribution in [-0.4, -0.2) is 58.0 Å². The Morgan fingerprint density at radius 3 is 2.73 bits per heavy atom. The molecular weight excluding hydrogens is 326 g/mol. The molecule has 2 amide bonds. The van der Waals surface area contributed by atoms with Crippen LogP contribution in [0.4, 0.5) is 4.79 Å². The predicted molar refractivity (Wildman–Crippen MR) is 101 cm³/mol. The number of carbonyl (C=O) groups is 1. The third-order valence-corrected chi connectivity index (χ3v) is 5.60. The number of aromatic nitrogens is 2. The summed E-state index contributed by atoms with van der Waals surface area (Å²) in [5.41, 5.74) is 4.02. The Morgan fingerprint density at radius 2 is 2.00 bits per heavy atom. The van der Waals surface area contributed by atoms with Gasteiger partial charge in [0.1, 0.15) is 5.82 Å². The lowest BCUT2D eigenvalue weighted by molar-refractivity contribution is 0.101. The molecule has 1 aliphatic heterocycles. The summed E-state index contributed by atoms with van der Waals surface area (Å²) in [5, 5.41) is 2.96. The Hall–Kier alpha value is -2.34. The Labute approximate surface area is 154 Å². The van der Waals surface area contributed by atoms with Gasteiger partial charge in [0.15, 0.2) is 0 Å². The molecule has 1 unspecified atom stereocenters. The molecular formula is C20H27N5O. The summed E-state index contributed by atoms with van der Waals surface area (Å²) in [5.74, 6) is 0.801. The molecule has 6 heteroatoms. The fraction of sp³-hybridized carbons (Fsp3) is 0.500. The second-order valence-corrected chi connectivity index (χ2v) is 7.36. The van der Waals surface area contributed by atoms with Crippen molar-refractivity contribution >= 4 is 6.03 Å². The van der Waals surface area contributed by atoms with Crippen LogP contribution >= 0.6 is 0 Å². The summed E-state index contributed by atoms with van der Waals surface area (Å²) in [4.78, 5) is 24.2. The fourth-order valence-corrected chi connectivity index (χ4v) is 4.11. The third-order valence-electron chi connectivity index (χ3n) is 5.60. The number of hydrogen-bond acceptors (Lipinski definition) is 3. The van der Waals surface area contributed by atoms with Gasteiger partial charge in [-0.2, -0.15) is 0 Å². The van der Waals surface area contributed by atoms with Crippen molar-refractivity contribution in [1.82, 2.24) is 25.1 Å². The van der Waals surface area contributed by atoms with Crippen LogP contribution < -0.4 is 5.32 Å². The molecule has 2 aromatic rings. The molecule has 0 bridgehead atoms. The van der Waals surface area contributed by atoms with E-state index in [2.05, 4.69) is 44.5 Å². The van der Waals surface area contributed by atoms with E-state index >= 15 is 0 Å². The Balaban J connectivity index is 1.26. The topological polar surface area (TPSA) is 64.3 Å². The van der Waals surface area contributed by atoms with Crippen molar-refractivity contribution in [2.45, 2.75) is 38.8 Å². The lowest BCUT2D eigenvalue weighted by Crippen LogP contribution is -2.55. The molecule has 0 saturated carbocycles. The maximum absolute atomic E-state index is 12.4. The number of H-pyrrole nitrogens is 1. The molecule has 1 atom stereocenters. The molecule has 138 valence electrons. The first-order valence-electron chi connectivity index (χ1n) is 9.53. The summed E-state index contributed by atoms with van der Waals surface area (Å²) >= 11 is 0. The van der Waals surface area contributed by atoms with Crippen LogP contribution in [0.3, 0.4) is 0 Å². The first-order valence-corrected chi connectivity index (χ1v) is 9.53. The standard InChI is InChI=1S/C20H27N5O/c1-15-13-21-19(23-15)14-22-20(26)25-10-8-24(9-11-25)18-7-6-16-4-2-3-5-17(16)12-18/h2-5,13,18H,6-12,14H2,1H3,(H,21,23)(H,22,26). The maximum Gasteiger partial charge on any atom is 0.317 e. The van der Waals surface area contributed by atoms with Gasteiger partial charge in [-0.25, -0.2) is 9.78 Å². The third kappa shape index (κ3) is 3.75. The summed E-state index contributed by atoms with van der Waals surface area (Å²) < 4.78 is 0. The van der Waals surface area contributed by atoms with Crippen LogP contribution in [0, 0.1) is 6.92 Å². The van der Waals surface area contributed by atoms with Gasteiger partial charge in [-0.05, 0) is 37.3 Å². The minimum Gasteiger partial charge on any atom is -0.345 e. The average Bonchev–Trinajstić information content (AvgIpc) is 3.11. The normalized spacial score (nSPS) is 20.7. The van der Waals surface area contributed by atoms with Crippen molar-refractivity contribution in [3.05, 3.63) is 53.1 Å². The van der Waals surface area contributed by atoms with Crippen molar-refractivity contribution in [3.8, 4) is 0 Å². The number of carbonyl (C=O) groups excluding carboxylic acids is 1. The number of hydrogen-bond donors (Lipinski definition) is 2. The first kappa shape index (κ1) is 17.1. The zero-order valence-corrected chi connectivity index (χ0v) is 15.4. The van der Waals surface area contributed by atoms with Crippen LogP contribution in [-0.2, 0) is 19.4 Å². The van der Waals surface area contributed by atoms with E-state index in [1.54, 1.807) is 6.20 Å². The number of aryl methyl sites for hydroxylation is 2. The monoisotopic (exact) mass is 353 g/mol.